The molecule has 0 saturated heterocycles. The van der Waals surface area contributed by atoms with Crippen LogP contribution in [0.3, 0.4) is 0 Å². The molecule has 0 atom stereocenters. The summed E-state index contributed by atoms with van der Waals surface area (Å²) in [7, 11) is 0. The Bertz CT molecular complexity index is 560. The minimum atomic E-state index is -0.376. The number of nitrogens with zero attached hydrogens (tertiary/aromatic N) is 1. The number of unbranched alkanes of at least 4 members (excludes halogenated alkanes) is 13. The average molecular weight is 469 g/mol. The molecular weight excluding hydrogens is 426 g/mol. The van der Waals surface area contributed by atoms with E-state index in [1.165, 1.54) is 83.5 Å². The number of aromatic nitrogens is 1. The Morgan fingerprint density at radius 3 is 1.83 bits per heavy atom. The van der Waals surface area contributed by atoms with Crippen molar-refractivity contribution < 1.29 is 31.3 Å². The minimum Gasteiger partial charge on any atom is -1.00 e. The molecule has 0 aromatic carbocycles. The quantitative estimate of drug-likeness (QED) is 0.199. The number of aryl methyl sites for hydroxylation is 1. The van der Waals surface area contributed by atoms with E-state index in [9.17, 15) is 4.79 Å². The van der Waals surface area contributed by atoms with Gasteiger partial charge < -0.3 is 17.0 Å². The summed E-state index contributed by atoms with van der Waals surface area (Å²) in [5.74, 6) is -0.376. The van der Waals surface area contributed by atoms with Gasteiger partial charge in [0, 0.05) is 28.9 Å². The van der Waals surface area contributed by atoms with Gasteiger partial charge in [-0.2, -0.15) is 4.84 Å². The second-order valence-corrected chi connectivity index (χ2v) is 8.02. The Morgan fingerprint density at radius 1 is 0.862 bits per heavy atom. The van der Waals surface area contributed by atoms with E-state index in [0.717, 1.165) is 18.5 Å². The number of carbonyl (C=O) groups excluding carboxylic acids is 1. The fraction of sp³-hybridized carbons (Fsp3) is 0.680. The van der Waals surface area contributed by atoms with Crippen LogP contribution < -0.4 is 26.5 Å². The number of hydrogen-bond acceptors (Lipinski definition) is 2. The van der Waals surface area contributed by atoms with Crippen LogP contribution in [0.4, 0.5) is 0 Å². The third-order valence-electron chi connectivity index (χ3n) is 5.22. The summed E-state index contributed by atoms with van der Waals surface area (Å²) < 4.78 is 1.58. The Kier molecular flexibility index (Phi) is 18.1. The van der Waals surface area contributed by atoms with Crippen molar-refractivity contribution in [1.29, 1.82) is 0 Å². The summed E-state index contributed by atoms with van der Waals surface area (Å²) in [6.07, 6.45) is 21.8. The maximum absolute atomic E-state index is 11.7. The number of hydrogen-bond donors (Lipinski definition) is 0. The Labute approximate surface area is 189 Å². The molecule has 0 N–H and O–H groups in total. The van der Waals surface area contributed by atoms with Crippen LogP contribution in [-0.2, 0) is 11.2 Å². The first-order valence-electron chi connectivity index (χ1n) is 11.5. The highest BCUT2D eigenvalue weighted by atomic mass is 79.9. The lowest BCUT2D eigenvalue weighted by Gasteiger charge is -2.04. The molecule has 0 amide bonds. The van der Waals surface area contributed by atoms with Crippen molar-refractivity contribution in [2.45, 2.75) is 110 Å². The van der Waals surface area contributed by atoms with Gasteiger partial charge in [0.2, 0.25) is 11.9 Å². The van der Waals surface area contributed by atoms with E-state index in [1.54, 1.807) is 17.9 Å². The van der Waals surface area contributed by atoms with Gasteiger partial charge in [-0.3, -0.25) is 0 Å². The van der Waals surface area contributed by atoms with E-state index < -0.39 is 0 Å². The van der Waals surface area contributed by atoms with Crippen molar-refractivity contribution in [1.82, 2.24) is 0 Å². The molecule has 0 aliphatic heterocycles. The highest BCUT2D eigenvalue weighted by molar-refractivity contribution is 5.86. The number of halogens is 1. The summed E-state index contributed by atoms with van der Waals surface area (Å²) in [5, 5.41) is 0. The maximum atomic E-state index is 11.7. The van der Waals surface area contributed by atoms with E-state index in [4.69, 9.17) is 4.84 Å². The van der Waals surface area contributed by atoms with E-state index in [2.05, 4.69) is 13.5 Å². The monoisotopic (exact) mass is 467 g/mol. The third kappa shape index (κ3) is 14.5. The molecule has 1 rings (SSSR count). The van der Waals surface area contributed by atoms with Crippen LogP contribution in [0.25, 0.3) is 0 Å². The highest BCUT2D eigenvalue weighted by Crippen LogP contribution is 2.13. The van der Waals surface area contributed by atoms with Crippen LogP contribution in [-0.4, -0.2) is 5.97 Å². The molecule has 4 heteroatoms. The molecule has 166 valence electrons. The molecule has 0 spiro atoms. The predicted octanol–water partition coefficient (Wildman–Crippen LogP) is 3.53. The first kappa shape index (κ1) is 27.8. The molecule has 0 unspecified atom stereocenters. The van der Waals surface area contributed by atoms with Gasteiger partial charge in [0.05, 0.1) is 0 Å². The first-order chi connectivity index (χ1) is 13.6. The Balaban J connectivity index is 0.00000784. The Morgan fingerprint density at radius 2 is 1.34 bits per heavy atom. The number of carbonyl (C=O) groups is 1. The second-order valence-electron chi connectivity index (χ2n) is 8.02. The zero-order valence-electron chi connectivity index (χ0n) is 18.8. The molecule has 0 aliphatic rings. The third-order valence-corrected chi connectivity index (χ3v) is 5.22. The molecule has 0 fully saturated rings. The van der Waals surface area contributed by atoms with Gasteiger partial charge in [0.15, 0.2) is 0 Å². The maximum Gasteiger partial charge on any atom is 0.406 e. The minimum absolute atomic E-state index is 0. The molecule has 0 aliphatic carbocycles. The van der Waals surface area contributed by atoms with Gasteiger partial charge in [-0.05, 0) is 19.4 Å². The molecule has 1 aromatic heterocycles. The van der Waals surface area contributed by atoms with Crippen LogP contribution in [0, 0.1) is 0 Å². The van der Waals surface area contributed by atoms with Crippen LogP contribution >= 0.6 is 0 Å². The van der Waals surface area contributed by atoms with Crippen LogP contribution in [0.2, 0.25) is 0 Å². The standard InChI is InChI=1S/C25H42NO2.BrH/c1-4-5-6-7-8-9-10-11-12-13-14-15-16-17-20-24-21-18-19-22-26(24)28-25(27)23(2)3;/h18-19,21-22H,2,4-17,20H2,1,3H3;1H/q+1;/p-1. The van der Waals surface area contributed by atoms with E-state index in [1.807, 2.05) is 18.2 Å². The molecular formula is C25H42BrNO2. The van der Waals surface area contributed by atoms with Crippen LogP contribution in [0.5, 0.6) is 0 Å². The van der Waals surface area contributed by atoms with Gasteiger partial charge in [0.25, 0.3) is 0 Å². The van der Waals surface area contributed by atoms with Crippen molar-refractivity contribution in [3.05, 3.63) is 42.2 Å². The summed E-state index contributed by atoms with van der Waals surface area (Å²) in [5.41, 5.74) is 1.45. The van der Waals surface area contributed by atoms with E-state index in [-0.39, 0.29) is 23.0 Å². The van der Waals surface area contributed by atoms with Gasteiger partial charge in [-0.1, -0.05) is 97.0 Å². The SMILES string of the molecule is C=C(C)C(=O)O[n+]1ccccc1CCCCCCCCCCCCCCCC.[Br-]. The lowest BCUT2D eigenvalue weighted by Crippen LogP contribution is -3.00. The van der Waals surface area contributed by atoms with Crippen molar-refractivity contribution in [3.63, 3.8) is 0 Å². The van der Waals surface area contributed by atoms with Gasteiger partial charge in [0.1, 0.15) is 0 Å². The van der Waals surface area contributed by atoms with Gasteiger partial charge in [-0.25, -0.2) is 4.79 Å². The summed E-state index contributed by atoms with van der Waals surface area (Å²) >= 11 is 0. The van der Waals surface area contributed by atoms with Crippen LogP contribution in [0.1, 0.15) is 109 Å². The van der Waals surface area contributed by atoms with E-state index in [0.29, 0.717) is 5.57 Å². The predicted molar refractivity (Wildman–Crippen MR) is 117 cm³/mol. The molecule has 29 heavy (non-hydrogen) atoms. The van der Waals surface area contributed by atoms with Gasteiger partial charge in [-0.15, -0.1) is 0 Å². The number of rotatable bonds is 17. The normalized spacial score (nSPS) is 10.4. The lowest BCUT2D eigenvalue weighted by atomic mass is 10.0. The fourth-order valence-electron chi connectivity index (χ4n) is 3.41. The topological polar surface area (TPSA) is 30.2 Å². The summed E-state index contributed by atoms with van der Waals surface area (Å²) in [4.78, 5) is 17.1. The van der Waals surface area contributed by atoms with Gasteiger partial charge >= 0.3 is 5.97 Å². The zero-order chi connectivity index (χ0) is 20.5. The lowest BCUT2D eigenvalue weighted by molar-refractivity contribution is -0.874. The molecule has 1 aromatic rings. The molecule has 3 nitrogen and oxygen atoms in total. The summed E-state index contributed by atoms with van der Waals surface area (Å²) in [6, 6.07) is 5.89. The number of pyridine rings is 1. The fourth-order valence-corrected chi connectivity index (χ4v) is 3.41. The largest absolute Gasteiger partial charge is 1.00 e. The molecule has 0 radical (unpaired) electrons. The Hall–Kier alpha value is -1.16. The second kappa shape index (κ2) is 18.8. The smallest absolute Gasteiger partial charge is 0.406 e. The molecule has 0 bridgehead atoms. The molecule has 1 heterocycles. The van der Waals surface area contributed by atoms with Crippen molar-refractivity contribution in [3.8, 4) is 0 Å². The highest BCUT2D eigenvalue weighted by Gasteiger charge is 2.16. The summed E-state index contributed by atoms with van der Waals surface area (Å²) in [6.45, 7) is 7.58. The van der Waals surface area contributed by atoms with Crippen molar-refractivity contribution in [2.75, 3.05) is 0 Å². The van der Waals surface area contributed by atoms with Crippen molar-refractivity contribution in [2.24, 2.45) is 0 Å². The zero-order valence-corrected chi connectivity index (χ0v) is 20.4. The van der Waals surface area contributed by atoms with Crippen molar-refractivity contribution >= 4 is 5.97 Å². The van der Waals surface area contributed by atoms with E-state index >= 15 is 0 Å². The van der Waals surface area contributed by atoms with Crippen LogP contribution in [0.15, 0.2) is 36.5 Å². The average Bonchev–Trinajstić information content (AvgIpc) is 2.69. The molecule has 0 saturated carbocycles. The first-order valence-corrected chi connectivity index (χ1v) is 11.5.